The van der Waals surface area contributed by atoms with Crippen LogP contribution in [0.3, 0.4) is 0 Å². The molecule has 1 aromatic heterocycles. The van der Waals surface area contributed by atoms with E-state index in [0.717, 1.165) is 43.8 Å². The second kappa shape index (κ2) is 8.47. The summed E-state index contributed by atoms with van der Waals surface area (Å²) in [4.78, 5) is 15.0. The van der Waals surface area contributed by atoms with Crippen LogP contribution in [0.5, 0.6) is 0 Å². The zero-order valence-corrected chi connectivity index (χ0v) is 14.9. The van der Waals surface area contributed by atoms with E-state index in [0.29, 0.717) is 24.6 Å². The number of benzene rings is 1. The molecular weight excluding hydrogens is 320 g/mol. The van der Waals surface area contributed by atoms with Crippen molar-refractivity contribution in [2.45, 2.75) is 26.5 Å². The number of para-hydroxylation sites is 1. The van der Waals surface area contributed by atoms with Gasteiger partial charge in [0.05, 0.1) is 19.8 Å². The Morgan fingerprint density at radius 1 is 1.32 bits per heavy atom. The number of morpholine rings is 1. The molecule has 3 rings (SSSR count). The zero-order chi connectivity index (χ0) is 17.6. The van der Waals surface area contributed by atoms with Crippen LogP contribution >= 0.6 is 0 Å². The molecule has 1 aromatic carbocycles. The van der Waals surface area contributed by atoms with E-state index in [1.54, 1.807) is 0 Å². The molecule has 6 nitrogen and oxygen atoms in total. The van der Waals surface area contributed by atoms with Gasteiger partial charge in [0, 0.05) is 43.2 Å². The van der Waals surface area contributed by atoms with Crippen molar-refractivity contribution in [1.29, 1.82) is 0 Å². The van der Waals surface area contributed by atoms with Gasteiger partial charge in [-0.15, -0.1) is 0 Å². The molecule has 0 bridgehead atoms. The van der Waals surface area contributed by atoms with E-state index in [1.807, 2.05) is 38.1 Å². The SMILES string of the molecule is CCOCc1c(C(=O)N[C@@H](C)CN2CCOCC2)oc2ccccc12. The third kappa shape index (κ3) is 4.39. The molecule has 0 spiro atoms. The second-order valence-corrected chi connectivity index (χ2v) is 6.33. The summed E-state index contributed by atoms with van der Waals surface area (Å²) in [5.74, 6) is 0.162. The normalized spacial score (nSPS) is 16.9. The van der Waals surface area contributed by atoms with Gasteiger partial charge in [0.25, 0.3) is 5.91 Å². The van der Waals surface area contributed by atoms with Crippen LogP contribution in [-0.4, -0.2) is 56.3 Å². The Hall–Kier alpha value is -1.89. The number of amides is 1. The first-order chi connectivity index (χ1) is 12.2. The summed E-state index contributed by atoms with van der Waals surface area (Å²) in [6, 6.07) is 7.70. The molecule has 1 amide bonds. The first-order valence-electron chi connectivity index (χ1n) is 8.88. The minimum absolute atomic E-state index is 0.0266. The fraction of sp³-hybridized carbons (Fsp3) is 0.526. The number of nitrogens with one attached hydrogen (secondary N) is 1. The second-order valence-electron chi connectivity index (χ2n) is 6.33. The average Bonchev–Trinajstić information content (AvgIpc) is 2.99. The Labute approximate surface area is 148 Å². The summed E-state index contributed by atoms with van der Waals surface area (Å²) in [6.07, 6.45) is 0. The third-order valence-electron chi connectivity index (χ3n) is 4.37. The standard InChI is InChI=1S/C19H26N2O4/c1-3-23-13-16-15-6-4-5-7-17(15)25-18(16)19(22)20-14(2)12-21-8-10-24-11-9-21/h4-7,14H,3,8-13H2,1-2H3,(H,20,22)/t14-/m0/s1. The molecule has 1 saturated heterocycles. The van der Waals surface area contributed by atoms with Crippen LogP contribution in [0.4, 0.5) is 0 Å². The van der Waals surface area contributed by atoms with Gasteiger partial charge in [-0.25, -0.2) is 0 Å². The van der Waals surface area contributed by atoms with Crippen LogP contribution < -0.4 is 5.32 Å². The fourth-order valence-electron chi connectivity index (χ4n) is 3.14. The topological polar surface area (TPSA) is 63.9 Å². The number of nitrogens with zero attached hydrogens (tertiary/aromatic N) is 1. The van der Waals surface area contributed by atoms with Crippen molar-refractivity contribution in [2.24, 2.45) is 0 Å². The lowest BCUT2D eigenvalue weighted by Crippen LogP contribution is -2.46. The van der Waals surface area contributed by atoms with E-state index in [9.17, 15) is 4.79 Å². The molecular formula is C19H26N2O4. The summed E-state index contributed by atoms with van der Waals surface area (Å²) in [7, 11) is 0. The summed E-state index contributed by atoms with van der Waals surface area (Å²) in [5, 5.41) is 3.98. The number of furan rings is 1. The maximum Gasteiger partial charge on any atom is 0.287 e. The van der Waals surface area contributed by atoms with Crippen LogP contribution in [0, 0.1) is 0 Å². The number of carbonyl (C=O) groups is 1. The Balaban J connectivity index is 1.72. The Morgan fingerprint density at radius 2 is 2.08 bits per heavy atom. The molecule has 0 aliphatic carbocycles. The van der Waals surface area contributed by atoms with Gasteiger partial charge >= 0.3 is 0 Å². The molecule has 1 aliphatic rings. The van der Waals surface area contributed by atoms with Crippen LogP contribution in [0.25, 0.3) is 11.0 Å². The van der Waals surface area contributed by atoms with Crippen molar-refractivity contribution in [1.82, 2.24) is 10.2 Å². The van der Waals surface area contributed by atoms with Gasteiger partial charge in [0.1, 0.15) is 5.58 Å². The molecule has 1 N–H and O–H groups in total. The lowest BCUT2D eigenvalue weighted by Gasteiger charge is -2.29. The largest absolute Gasteiger partial charge is 0.451 e. The molecule has 136 valence electrons. The minimum atomic E-state index is -0.188. The quantitative estimate of drug-likeness (QED) is 0.834. The lowest BCUT2D eigenvalue weighted by atomic mass is 10.1. The summed E-state index contributed by atoms with van der Waals surface area (Å²) < 4.78 is 16.7. The maximum absolute atomic E-state index is 12.7. The Bertz CT molecular complexity index is 707. The molecule has 0 unspecified atom stereocenters. The predicted molar refractivity (Wildman–Crippen MR) is 95.7 cm³/mol. The van der Waals surface area contributed by atoms with Crippen molar-refractivity contribution in [3.8, 4) is 0 Å². The fourth-order valence-corrected chi connectivity index (χ4v) is 3.14. The number of rotatable bonds is 7. The highest BCUT2D eigenvalue weighted by molar-refractivity contribution is 5.99. The van der Waals surface area contributed by atoms with E-state index >= 15 is 0 Å². The minimum Gasteiger partial charge on any atom is -0.451 e. The van der Waals surface area contributed by atoms with E-state index in [1.165, 1.54) is 0 Å². The van der Waals surface area contributed by atoms with Crippen LogP contribution in [-0.2, 0) is 16.1 Å². The average molecular weight is 346 g/mol. The molecule has 1 fully saturated rings. The van der Waals surface area contributed by atoms with E-state index in [4.69, 9.17) is 13.9 Å². The number of ether oxygens (including phenoxy) is 2. The Kier molecular flexibility index (Phi) is 6.07. The molecule has 6 heteroatoms. The van der Waals surface area contributed by atoms with Crippen molar-refractivity contribution >= 4 is 16.9 Å². The summed E-state index contributed by atoms with van der Waals surface area (Å²) in [6.45, 7) is 9.02. The van der Waals surface area contributed by atoms with Crippen molar-refractivity contribution < 1.29 is 18.7 Å². The van der Waals surface area contributed by atoms with Gasteiger partial charge in [-0.05, 0) is 19.9 Å². The molecule has 2 heterocycles. The molecule has 25 heavy (non-hydrogen) atoms. The van der Waals surface area contributed by atoms with Gasteiger partial charge in [-0.3, -0.25) is 9.69 Å². The monoisotopic (exact) mass is 346 g/mol. The van der Waals surface area contributed by atoms with Gasteiger partial charge in [-0.2, -0.15) is 0 Å². The maximum atomic E-state index is 12.7. The first-order valence-corrected chi connectivity index (χ1v) is 8.88. The number of hydrogen-bond donors (Lipinski definition) is 1. The Morgan fingerprint density at radius 3 is 2.84 bits per heavy atom. The molecule has 0 radical (unpaired) electrons. The van der Waals surface area contributed by atoms with E-state index < -0.39 is 0 Å². The highest BCUT2D eigenvalue weighted by atomic mass is 16.5. The van der Waals surface area contributed by atoms with E-state index in [2.05, 4.69) is 10.2 Å². The van der Waals surface area contributed by atoms with Gasteiger partial charge in [0.15, 0.2) is 5.76 Å². The van der Waals surface area contributed by atoms with Crippen LogP contribution in [0.2, 0.25) is 0 Å². The highest BCUT2D eigenvalue weighted by Gasteiger charge is 2.22. The number of carbonyl (C=O) groups excluding carboxylic acids is 1. The molecule has 1 aliphatic heterocycles. The van der Waals surface area contributed by atoms with Crippen molar-refractivity contribution in [2.75, 3.05) is 39.5 Å². The molecule has 0 saturated carbocycles. The van der Waals surface area contributed by atoms with E-state index in [-0.39, 0.29) is 11.9 Å². The summed E-state index contributed by atoms with van der Waals surface area (Å²) >= 11 is 0. The van der Waals surface area contributed by atoms with Crippen LogP contribution in [0.15, 0.2) is 28.7 Å². The molecule has 1 atom stereocenters. The van der Waals surface area contributed by atoms with Gasteiger partial charge in [-0.1, -0.05) is 18.2 Å². The summed E-state index contributed by atoms with van der Waals surface area (Å²) in [5.41, 5.74) is 1.52. The molecule has 2 aromatic rings. The van der Waals surface area contributed by atoms with Crippen molar-refractivity contribution in [3.05, 3.63) is 35.6 Å². The number of fused-ring (bicyclic) bond motifs is 1. The third-order valence-corrected chi connectivity index (χ3v) is 4.37. The lowest BCUT2D eigenvalue weighted by molar-refractivity contribution is 0.0341. The highest BCUT2D eigenvalue weighted by Crippen LogP contribution is 2.26. The van der Waals surface area contributed by atoms with Gasteiger partial charge in [0.2, 0.25) is 0 Å². The van der Waals surface area contributed by atoms with Crippen molar-refractivity contribution in [3.63, 3.8) is 0 Å². The first kappa shape index (κ1) is 17.9. The van der Waals surface area contributed by atoms with Gasteiger partial charge < -0.3 is 19.2 Å². The van der Waals surface area contributed by atoms with Crippen LogP contribution in [0.1, 0.15) is 30.0 Å². The smallest absolute Gasteiger partial charge is 0.287 e. The number of hydrogen-bond acceptors (Lipinski definition) is 5. The predicted octanol–water partition coefficient (Wildman–Crippen LogP) is 2.42. The zero-order valence-electron chi connectivity index (χ0n) is 14.9.